The minimum absolute atomic E-state index is 0.0408. The summed E-state index contributed by atoms with van der Waals surface area (Å²) in [7, 11) is 1.26. The number of H-pyrrole nitrogens is 2. The summed E-state index contributed by atoms with van der Waals surface area (Å²) in [6, 6.07) is 14.4. The molecule has 13 heteroatoms. The molecule has 13 nitrogen and oxygen atoms in total. The largest absolute Gasteiger partial charge is 0.488 e. The summed E-state index contributed by atoms with van der Waals surface area (Å²) in [4.78, 5) is 57.0. The highest BCUT2D eigenvalue weighted by atomic mass is 16.6. The minimum Gasteiger partial charge on any atom is -0.488 e. The number of hydrogen-bond donors (Lipinski definition) is 3. The van der Waals surface area contributed by atoms with Crippen LogP contribution in [0.15, 0.2) is 48.7 Å². The van der Waals surface area contributed by atoms with Crippen LogP contribution >= 0.6 is 0 Å². The molecule has 1 saturated heterocycles. The molecule has 51 heavy (non-hydrogen) atoms. The number of alkyl carbamates (subject to hydrolysis) is 1. The summed E-state index contributed by atoms with van der Waals surface area (Å²) in [5.41, 5.74) is 6.10. The number of carbonyl (C=O) groups excluding carboxylic acids is 3. The number of hydrogen-bond acceptors (Lipinski definition) is 8. The number of carbonyl (C=O) groups is 3. The Bertz CT molecular complexity index is 2150. The third kappa shape index (κ3) is 6.67. The van der Waals surface area contributed by atoms with Crippen LogP contribution < -0.4 is 10.1 Å². The number of methoxy groups -OCH3 is 1. The first-order valence-electron chi connectivity index (χ1n) is 17.3. The van der Waals surface area contributed by atoms with Crippen molar-refractivity contribution in [1.29, 1.82) is 0 Å². The second kappa shape index (κ2) is 13.3. The topological polar surface area (TPSA) is 155 Å². The van der Waals surface area contributed by atoms with Crippen LogP contribution in [0.3, 0.4) is 0 Å². The lowest BCUT2D eigenvalue weighted by Gasteiger charge is -2.46. The third-order valence-electron chi connectivity index (χ3n) is 9.34. The Labute approximate surface area is 295 Å². The van der Waals surface area contributed by atoms with Crippen LogP contribution in [0.2, 0.25) is 0 Å². The first-order chi connectivity index (χ1) is 24.4. The lowest BCUT2D eigenvalue weighted by atomic mass is 9.92. The molecule has 1 fully saturated rings. The summed E-state index contributed by atoms with van der Waals surface area (Å²) in [5, 5.41) is 4.47. The van der Waals surface area contributed by atoms with Crippen LogP contribution in [-0.4, -0.2) is 79.7 Å². The number of nitrogens with one attached hydrogen (secondary N) is 3. The maximum Gasteiger partial charge on any atom is 0.410 e. The Morgan fingerprint density at radius 2 is 1.92 bits per heavy atom. The van der Waals surface area contributed by atoms with Gasteiger partial charge in [-0.3, -0.25) is 4.79 Å². The number of rotatable bonds is 8. The average Bonchev–Trinajstić information content (AvgIpc) is 3.75. The molecule has 2 aliphatic heterocycles. The quantitative estimate of drug-likeness (QED) is 0.160. The van der Waals surface area contributed by atoms with Gasteiger partial charge in [0, 0.05) is 23.5 Å². The third-order valence-corrected chi connectivity index (χ3v) is 9.34. The van der Waals surface area contributed by atoms with Crippen molar-refractivity contribution in [2.45, 2.75) is 78.3 Å². The van der Waals surface area contributed by atoms with E-state index in [9.17, 15) is 14.4 Å². The molecule has 0 bridgehead atoms. The molecular weight excluding hydrogens is 650 g/mol. The number of nitrogens with zero attached hydrogens (tertiary/aromatic N) is 4. The summed E-state index contributed by atoms with van der Waals surface area (Å²) >= 11 is 0. The molecule has 3 amide bonds. The molecule has 0 saturated carbocycles. The van der Waals surface area contributed by atoms with E-state index in [2.05, 4.69) is 61.4 Å². The fourth-order valence-corrected chi connectivity index (χ4v) is 6.94. The summed E-state index contributed by atoms with van der Waals surface area (Å²) in [6.45, 7) is 10.8. The smallest absolute Gasteiger partial charge is 0.410 e. The fourth-order valence-electron chi connectivity index (χ4n) is 6.94. The van der Waals surface area contributed by atoms with Crippen LogP contribution in [0.5, 0.6) is 5.75 Å². The van der Waals surface area contributed by atoms with Gasteiger partial charge in [-0.1, -0.05) is 25.1 Å². The highest BCUT2D eigenvalue weighted by molar-refractivity contribution is 6.07. The van der Waals surface area contributed by atoms with Gasteiger partial charge in [-0.15, -0.1) is 0 Å². The number of ether oxygens (including phenoxy) is 3. The lowest BCUT2D eigenvalue weighted by Crippen LogP contribution is -2.54. The van der Waals surface area contributed by atoms with Crippen LogP contribution in [0.25, 0.3) is 44.2 Å². The van der Waals surface area contributed by atoms with Gasteiger partial charge >= 0.3 is 12.2 Å². The van der Waals surface area contributed by atoms with Gasteiger partial charge in [0.2, 0.25) is 5.91 Å². The lowest BCUT2D eigenvalue weighted by molar-refractivity contribution is -0.143. The van der Waals surface area contributed by atoms with E-state index in [1.807, 2.05) is 40.7 Å². The first-order valence-corrected chi connectivity index (χ1v) is 17.3. The molecule has 4 heterocycles. The van der Waals surface area contributed by atoms with E-state index in [1.165, 1.54) is 7.11 Å². The maximum absolute atomic E-state index is 12.9. The number of likely N-dealkylation sites (tertiary alicyclic amines) is 1. The SMILES string of the molecule is CCCN(Cc1nc2c(ccc3cc4c(cc32)OCc2cc(-c3cnc(C5C[C@H](C)N5C(=O)CNC(=O)OC)[nH]3)ccc2-4)[nH]1)C(=O)OC(C)(C)C. The Hall–Kier alpha value is -5.59. The predicted molar refractivity (Wildman–Crippen MR) is 192 cm³/mol. The van der Waals surface area contributed by atoms with E-state index in [-0.39, 0.29) is 30.6 Å². The Kier molecular flexibility index (Phi) is 8.82. The number of benzene rings is 3. The zero-order valence-corrected chi connectivity index (χ0v) is 29.8. The molecule has 5 aromatic rings. The van der Waals surface area contributed by atoms with Gasteiger partial charge in [0.25, 0.3) is 0 Å². The molecule has 1 unspecified atom stereocenters. The number of aromatic nitrogens is 4. The first kappa shape index (κ1) is 33.9. The molecule has 2 atom stereocenters. The monoisotopic (exact) mass is 693 g/mol. The summed E-state index contributed by atoms with van der Waals surface area (Å²) in [6.07, 6.45) is 2.37. The van der Waals surface area contributed by atoms with Gasteiger partial charge in [-0.05, 0) is 86.9 Å². The molecule has 7 rings (SSSR count). The van der Waals surface area contributed by atoms with Crippen molar-refractivity contribution in [3.05, 3.63) is 65.9 Å². The fraction of sp³-hybridized carbons (Fsp3) is 0.395. The Morgan fingerprint density at radius 1 is 1.10 bits per heavy atom. The second-order valence-corrected chi connectivity index (χ2v) is 14.2. The highest BCUT2D eigenvalue weighted by Crippen LogP contribution is 2.43. The van der Waals surface area contributed by atoms with E-state index in [0.717, 1.165) is 68.3 Å². The Morgan fingerprint density at radius 3 is 2.67 bits per heavy atom. The molecule has 0 spiro atoms. The van der Waals surface area contributed by atoms with Crippen molar-refractivity contribution in [2.24, 2.45) is 0 Å². The van der Waals surface area contributed by atoms with Crippen LogP contribution in [0, 0.1) is 0 Å². The number of fused-ring (bicyclic) bond motifs is 6. The van der Waals surface area contributed by atoms with Gasteiger partial charge < -0.3 is 39.3 Å². The van der Waals surface area contributed by atoms with Crippen molar-refractivity contribution in [1.82, 2.24) is 35.1 Å². The van der Waals surface area contributed by atoms with E-state index in [1.54, 1.807) is 16.0 Å². The average molecular weight is 694 g/mol. The number of imidazole rings is 2. The van der Waals surface area contributed by atoms with E-state index in [4.69, 9.17) is 14.5 Å². The molecule has 0 radical (unpaired) electrons. The van der Waals surface area contributed by atoms with Crippen LogP contribution in [-0.2, 0) is 27.4 Å². The van der Waals surface area contributed by atoms with Crippen molar-refractivity contribution < 1.29 is 28.6 Å². The van der Waals surface area contributed by atoms with Gasteiger partial charge in [0.15, 0.2) is 0 Å². The summed E-state index contributed by atoms with van der Waals surface area (Å²) < 4.78 is 16.6. The maximum atomic E-state index is 12.9. The van der Waals surface area contributed by atoms with E-state index >= 15 is 0 Å². The van der Waals surface area contributed by atoms with Gasteiger partial charge in [0.1, 0.15) is 36.2 Å². The van der Waals surface area contributed by atoms with Crippen molar-refractivity contribution in [3.63, 3.8) is 0 Å². The van der Waals surface area contributed by atoms with E-state index < -0.39 is 11.7 Å². The van der Waals surface area contributed by atoms with Crippen molar-refractivity contribution in [2.75, 3.05) is 20.2 Å². The van der Waals surface area contributed by atoms with Crippen LogP contribution in [0.1, 0.15) is 70.7 Å². The minimum atomic E-state index is -0.642. The predicted octanol–water partition coefficient (Wildman–Crippen LogP) is 6.83. The van der Waals surface area contributed by atoms with Gasteiger partial charge in [-0.25, -0.2) is 19.6 Å². The molecule has 2 aromatic heterocycles. The molecular formula is C38H43N7O6. The van der Waals surface area contributed by atoms with Gasteiger partial charge in [0.05, 0.1) is 42.6 Å². The molecule has 3 N–H and O–H groups in total. The standard InChI is InChI=1S/C38H43N7O6/c1-7-12-44(37(48)51-38(3,4)5)19-32-41-28-11-9-22-15-27-25-10-8-23(14-24(25)20-50-31(27)16-26(22)34(28)43-32)29-17-39-35(42-29)30-13-21(2)45(30)33(46)18-40-36(47)49-6/h8-11,14-17,21,30H,7,12-13,18-20H2,1-6H3,(H,39,42)(H,40,47)(H,41,43)/t21-,30?/m0/s1. The molecule has 0 aliphatic carbocycles. The zero-order chi connectivity index (χ0) is 36.0. The molecule has 266 valence electrons. The van der Waals surface area contributed by atoms with Crippen molar-refractivity contribution in [3.8, 4) is 28.1 Å². The highest BCUT2D eigenvalue weighted by Gasteiger charge is 2.41. The number of amides is 3. The van der Waals surface area contributed by atoms with Crippen molar-refractivity contribution >= 4 is 39.9 Å². The van der Waals surface area contributed by atoms with Crippen LogP contribution in [0.4, 0.5) is 9.59 Å². The molecule has 3 aromatic carbocycles. The normalized spacial score (nSPS) is 16.5. The zero-order valence-electron chi connectivity index (χ0n) is 29.8. The summed E-state index contributed by atoms with van der Waals surface area (Å²) in [5.74, 6) is 1.99. The van der Waals surface area contributed by atoms with E-state index in [0.29, 0.717) is 31.3 Å². The van der Waals surface area contributed by atoms with Gasteiger partial charge in [-0.2, -0.15) is 0 Å². The number of aromatic amines is 2. The Balaban J connectivity index is 1.11. The second-order valence-electron chi connectivity index (χ2n) is 14.2. The molecule has 2 aliphatic rings.